The fourth-order valence-corrected chi connectivity index (χ4v) is 11.4. The Balaban J connectivity index is 1.24. The number of fused-ring (bicyclic) bond motifs is 3. The van der Waals surface area contributed by atoms with Crippen molar-refractivity contribution >= 4 is 37.5 Å². The normalized spacial score (nSPS) is 32.1. The van der Waals surface area contributed by atoms with Gasteiger partial charge in [-0.3, -0.25) is 14.4 Å². The molecule has 0 radical (unpaired) electrons. The Morgan fingerprint density at radius 3 is 2.33 bits per heavy atom. The van der Waals surface area contributed by atoms with Crippen molar-refractivity contribution in [2.45, 2.75) is 99.9 Å². The molecule has 3 aromatic carbocycles. The van der Waals surface area contributed by atoms with Crippen molar-refractivity contribution in [1.29, 1.82) is 0 Å². The summed E-state index contributed by atoms with van der Waals surface area (Å²) in [6, 6.07) is 21.2. The van der Waals surface area contributed by atoms with E-state index in [2.05, 4.69) is 5.32 Å². The molecular weight excluding hydrogens is 718 g/mol. The van der Waals surface area contributed by atoms with Gasteiger partial charge in [0.25, 0.3) is 11.8 Å². The second-order valence-corrected chi connectivity index (χ2v) is 19.1. The van der Waals surface area contributed by atoms with Crippen LogP contribution in [0.1, 0.15) is 35.6 Å². The minimum absolute atomic E-state index is 0.153. The number of aliphatic hydroxyl groups is 5. The molecule has 10 atom stereocenters. The molecule has 2 saturated heterocycles. The molecule has 0 bridgehead atoms. The van der Waals surface area contributed by atoms with Crippen LogP contribution < -0.4 is 10.2 Å². The average Bonchev–Trinajstić information content (AvgIpc) is 3.57. The van der Waals surface area contributed by atoms with Gasteiger partial charge in [0.15, 0.2) is 18.0 Å². The van der Waals surface area contributed by atoms with E-state index in [1.54, 1.807) is 28.9 Å². The van der Waals surface area contributed by atoms with Gasteiger partial charge in [-0.05, 0) is 54.4 Å². The van der Waals surface area contributed by atoms with Gasteiger partial charge in [-0.15, -0.1) is 0 Å². The summed E-state index contributed by atoms with van der Waals surface area (Å²) in [4.78, 5) is 45.6. The number of carbonyl (C=O) groups is 3. The van der Waals surface area contributed by atoms with E-state index in [4.69, 9.17) is 9.47 Å². The van der Waals surface area contributed by atoms with E-state index in [0.717, 1.165) is 16.7 Å². The molecule has 4 aliphatic rings. The molecule has 4 heterocycles. The molecule has 54 heavy (non-hydrogen) atoms. The van der Waals surface area contributed by atoms with Gasteiger partial charge < -0.3 is 54.2 Å². The van der Waals surface area contributed by atoms with E-state index in [-0.39, 0.29) is 37.7 Å². The summed E-state index contributed by atoms with van der Waals surface area (Å²) in [6.07, 6.45) is -9.99. The summed E-state index contributed by atoms with van der Waals surface area (Å²) >= 11 is 0. The predicted molar refractivity (Wildman–Crippen MR) is 196 cm³/mol. The van der Waals surface area contributed by atoms with Crippen LogP contribution in [0.2, 0.25) is 18.6 Å². The third-order valence-electron chi connectivity index (χ3n) is 11.5. The topological polar surface area (TPSA) is 189 Å². The first-order valence-corrected chi connectivity index (χ1v) is 21.1. The number of hydrogen-bond donors (Lipinski definition) is 6. The summed E-state index contributed by atoms with van der Waals surface area (Å²) in [5.41, 5.74) is 1.24. The standard InChI is InChI=1S/C39H46FN3O10Si/c1-21-35(54(2,3)40)29(17-30(45)42-19-24-12-8-7-11-23(24)15-26(42)20-44)53-39(21)27-16-25(41-36(49)34-32(47)31(46)33(48)37(50)52-34)13-14-28(27)43(38(39)51)18-22-9-5-4-6-10-22/h4-14,16,21,26,29,31-35,37,44,46-48,50H,15,17-20H2,1-3H3,(H,41,49)/t21-,26+,29+,31+,32+,33-,34+,35-,37-,39+/m1/s1. The summed E-state index contributed by atoms with van der Waals surface area (Å²) in [7, 11) is -3.68. The zero-order chi connectivity index (χ0) is 38.7. The van der Waals surface area contributed by atoms with E-state index >= 15 is 4.11 Å². The molecule has 2 fully saturated rings. The third-order valence-corrected chi connectivity index (χ3v) is 14.0. The second-order valence-electron chi connectivity index (χ2n) is 15.3. The van der Waals surface area contributed by atoms with Gasteiger partial charge in [0.1, 0.15) is 18.3 Å². The number of carbonyl (C=O) groups excluding carboxylic acids is 3. The first-order chi connectivity index (χ1) is 25.6. The fourth-order valence-electron chi connectivity index (χ4n) is 8.87. The first-order valence-electron chi connectivity index (χ1n) is 18.2. The van der Waals surface area contributed by atoms with Crippen molar-refractivity contribution in [2.75, 3.05) is 16.8 Å². The van der Waals surface area contributed by atoms with Gasteiger partial charge in [0, 0.05) is 29.3 Å². The van der Waals surface area contributed by atoms with Crippen molar-refractivity contribution in [3.05, 3.63) is 95.1 Å². The van der Waals surface area contributed by atoms with E-state index in [1.165, 1.54) is 19.2 Å². The smallest absolute Gasteiger partial charge is 0.264 e. The Morgan fingerprint density at radius 1 is 0.963 bits per heavy atom. The Morgan fingerprint density at radius 2 is 1.65 bits per heavy atom. The van der Waals surface area contributed by atoms with E-state index < -0.39 is 80.1 Å². The highest BCUT2D eigenvalue weighted by molar-refractivity contribution is 6.72. The Hall–Kier alpha value is -4.06. The number of anilines is 2. The van der Waals surface area contributed by atoms with Gasteiger partial charge in [-0.1, -0.05) is 61.5 Å². The molecule has 0 aliphatic carbocycles. The Labute approximate surface area is 313 Å². The maximum absolute atomic E-state index is 16.6. The number of rotatable bonds is 8. The van der Waals surface area contributed by atoms with Crippen LogP contribution in [0.5, 0.6) is 0 Å². The second kappa shape index (κ2) is 14.5. The molecule has 6 N–H and O–H groups in total. The van der Waals surface area contributed by atoms with Crippen LogP contribution in [0.25, 0.3) is 0 Å². The molecule has 3 amide bonds. The number of ether oxygens (including phenoxy) is 2. The highest BCUT2D eigenvalue weighted by atomic mass is 28.4. The summed E-state index contributed by atoms with van der Waals surface area (Å²) < 4.78 is 28.5. The molecule has 1 spiro atoms. The molecule has 0 aromatic heterocycles. The van der Waals surface area contributed by atoms with Gasteiger partial charge in [-0.25, -0.2) is 0 Å². The van der Waals surface area contributed by atoms with Crippen LogP contribution in [0, 0.1) is 5.92 Å². The van der Waals surface area contributed by atoms with Crippen molar-refractivity contribution < 1.29 is 53.5 Å². The first kappa shape index (κ1) is 38.2. The van der Waals surface area contributed by atoms with Crippen LogP contribution >= 0.6 is 0 Å². The van der Waals surface area contributed by atoms with Gasteiger partial charge in [0.05, 0.1) is 37.4 Å². The zero-order valence-corrected chi connectivity index (χ0v) is 31.2. The van der Waals surface area contributed by atoms with Crippen LogP contribution in [0.4, 0.5) is 15.5 Å². The number of amides is 3. The maximum atomic E-state index is 16.6. The lowest BCUT2D eigenvalue weighted by atomic mass is 9.82. The highest BCUT2D eigenvalue weighted by Gasteiger charge is 2.67. The number of hydrogen-bond acceptors (Lipinski definition) is 10. The predicted octanol–water partition coefficient (Wildman–Crippen LogP) is 2.08. The fraction of sp³-hybridized carbons (Fsp3) is 0.462. The Kier molecular flexibility index (Phi) is 10.3. The molecule has 7 rings (SSSR count). The molecular formula is C39H46FN3O10Si. The summed E-state index contributed by atoms with van der Waals surface area (Å²) in [5, 5.41) is 53.4. The van der Waals surface area contributed by atoms with Crippen molar-refractivity contribution in [3.63, 3.8) is 0 Å². The number of aliphatic hydroxyl groups excluding tert-OH is 5. The van der Waals surface area contributed by atoms with Crippen LogP contribution in [0.15, 0.2) is 72.8 Å². The lowest BCUT2D eigenvalue weighted by Crippen LogP contribution is -2.60. The van der Waals surface area contributed by atoms with Crippen LogP contribution in [-0.4, -0.2) is 106 Å². The van der Waals surface area contributed by atoms with E-state index in [0.29, 0.717) is 17.7 Å². The van der Waals surface area contributed by atoms with E-state index in [1.807, 2.05) is 54.6 Å². The van der Waals surface area contributed by atoms with Crippen molar-refractivity contribution in [3.8, 4) is 0 Å². The largest absolute Gasteiger partial charge is 0.394 e. The summed E-state index contributed by atoms with van der Waals surface area (Å²) in [5.74, 6) is -2.46. The zero-order valence-electron chi connectivity index (χ0n) is 30.2. The lowest BCUT2D eigenvalue weighted by molar-refractivity contribution is -0.274. The highest BCUT2D eigenvalue weighted by Crippen LogP contribution is 2.60. The van der Waals surface area contributed by atoms with Crippen LogP contribution in [-0.2, 0) is 49.0 Å². The number of benzene rings is 3. The number of halogens is 1. The van der Waals surface area contributed by atoms with Gasteiger partial charge >= 0.3 is 0 Å². The minimum atomic E-state index is -3.68. The average molecular weight is 764 g/mol. The molecule has 15 heteroatoms. The van der Waals surface area contributed by atoms with Crippen molar-refractivity contribution in [2.24, 2.45) is 5.92 Å². The lowest BCUT2D eigenvalue weighted by Gasteiger charge is -2.37. The molecule has 13 nitrogen and oxygen atoms in total. The van der Waals surface area contributed by atoms with Crippen LogP contribution in [0.3, 0.4) is 0 Å². The summed E-state index contributed by atoms with van der Waals surface area (Å²) in [6.45, 7) is 5.01. The monoisotopic (exact) mass is 763 g/mol. The van der Waals surface area contributed by atoms with Crippen molar-refractivity contribution in [1.82, 2.24) is 4.90 Å². The molecule has 4 aliphatic heterocycles. The quantitative estimate of drug-likeness (QED) is 0.147. The molecule has 0 unspecified atom stereocenters. The number of nitrogens with zero attached hydrogens (tertiary/aromatic N) is 2. The third kappa shape index (κ3) is 6.55. The molecule has 288 valence electrons. The van der Waals surface area contributed by atoms with E-state index in [9.17, 15) is 39.9 Å². The van der Waals surface area contributed by atoms with Gasteiger partial charge in [-0.2, -0.15) is 0 Å². The molecule has 0 saturated carbocycles. The molecule has 3 aromatic rings. The minimum Gasteiger partial charge on any atom is -0.394 e. The Bertz CT molecular complexity index is 1910. The van der Waals surface area contributed by atoms with Gasteiger partial charge in [0.2, 0.25) is 14.3 Å². The number of nitrogens with one attached hydrogen (secondary N) is 1. The SMILES string of the molecule is C[C@@H]1[C@@H]([Si](C)(C)F)[C@H](CC(=O)N2Cc3ccccc3C[C@H]2CO)O[C@@]12C(=O)N(Cc1ccccc1)c1ccc(NC(=O)[C@H]3O[C@@H](O)[C@H](O)[C@@H](O)[C@@H]3O)cc12. The maximum Gasteiger partial charge on any atom is 0.264 e.